The highest BCUT2D eigenvalue weighted by molar-refractivity contribution is 7.09. The van der Waals surface area contributed by atoms with Gasteiger partial charge in [-0.3, -0.25) is 0 Å². The van der Waals surface area contributed by atoms with Gasteiger partial charge >= 0.3 is 0 Å². The summed E-state index contributed by atoms with van der Waals surface area (Å²) < 4.78 is 0. The minimum Gasteiger partial charge on any atom is -0.385 e. The van der Waals surface area contributed by atoms with Gasteiger partial charge in [0.25, 0.3) is 0 Å². The number of aliphatic hydroxyl groups excluding tert-OH is 1. The van der Waals surface area contributed by atoms with Crippen LogP contribution in [0.4, 0.5) is 0 Å². The number of aromatic nitrogens is 1. The van der Waals surface area contributed by atoms with Gasteiger partial charge in [-0.05, 0) is 6.92 Å². The first-order valence-corrected chi connectivity index (χ1v) is 4.14. The Balaban J connectivity index is 2.57. The van der Waals surface area contributed by atoms with E-state index in [0.29, 0.717) is 12.7 Å². The summed E-state index contributed by atoms with van der Waals surface area (Å²) in [6.07, 6.45) is -0.0563. The Kier molecular flexibility index (Phi) is 2.73. The van der Waals surface area contributed by atoms with Crippen molar-refractivity contribution >= 4 is 17.6 Å². The summed E-state index contributed by atoms with van der Waals surface area (Å²) in [5.41, 5.74) is 0.784. The minimum absolute atomic E-state index is 0.327. The van der Waals surface area contributed by atoms with Crippen molar-refractivity contribution in [2.75, 3.05) is 0 Å². The van der Waals surface area contributed by atoms with Gasteiger partial charge in [-0.1, -0.05) is 0 Å². The molecular weight excluding hydrogens is 162 g/mol. The maximum Gasteiger partial charge on any atom is 0.148 e. The molecule has 0 fully saturated rings. The predicted octanol–water partition coefficient (Wildman–Crippen LogP) is 0.554. The largest absolute Gasteiger partial charge is 0.385 e. The molecule has 4 heteroatoms. The summed E-state index contributed by atoms with van der Waals surface area (Å²) in [5.74, 6) is 0. The number of carbonyl (C=O) groups excluding carboxylic acids is 1. The van der Waals surface area contributed by atoms with E-state index < -0.39 is 6.10 Å². The highest BCUT2D eigenvalue weighted by atomic mass is 32.1. The van der Waals surface area contributed by atoms with Crippen LogP contribution in [-0.4, -0.2) is 22.5 Å². The van der Waals surface area contributed by atoms with Gasteiger partial charge in [-0.15, -0.1) is 11.3 Å². The Morgan fingerprint density at radius 1 is 1.91 bits per heavy atom. The quantitative estimate of drug-likeness (QED) is 0.676. The summed E-state index contributed by atoms with van der Waals surface area (Å²) in [5, 5.41) is 11.7. The van der Waals surface area contributed by atoms with Gasteiger partial charge in [0.1, 0.15) is 12.4 Å². The minimum atomic E-state index is -0.906. The highest BCUT2D eigenvalue weighted by Crippen LogP contribution is 2.09. The molecule has 0 aromatic carbocycles. The molecule has 0 saturated heterocycles. The van der Waals surface area contributed by atoms with E-state index in [1.165, 1.54) is 11.3 Å². The molecule has 0 radical (unpaired) electrons. The lowest BCUT2D eigenvalue weighted by atomic mass is 10.2. The first-order valence-electron chi connectivity index (χ1n) is 3.26. The summed E-state index contributed by atoms with van der Waals surface area (Å²) in [6, 6.07) is 0. The molecule has 0 spiro atoms. The topological polar surface area (TPSA) is 50.2 Å². The number of rotatable bonds is 3. The normalized spacial score (nSPS) is 12.9. The second-order valence-corrected chi connectivity index (χ2v) is 3.33. The summed E-state index contributed by atoms with van der Waals surface area (Å²) in [6.45, 7) is 1.89. The number of hydrogen-bond donors (Lipinski definition) is 1. The van der Waals surface area contributed by atoms with Crippen molar-refractivity contribution in [1.29, 1.82) is 0 Å². The fourth-order valence-corrected chi connectivity index (χ4v) is 1.39. The van der Waals surface area contributed by atoms with Crippen LogP contribution in [0.2, 0.25) is 0 Å². The van der Waals surface area contributed by atoms with E-state index in [2.05, 4.69) is 4.98 Å². The van der Waals surface area contributed by atoms with Crippen LogP contribution in [0.25, 0.3) is 0 Å². The third kappa shape index (κ3) is 2.40. The van der Waals surface area contributed by atoms with Crippen LogP contribution in [0.15, 0.2) is 5.38 Å². The van der Waals surface area contributed by atoms with Crippen LogP contribution in [0.1, 0.15) is 10.7 Å². The Bertz CT molecular complexity index is 246. The first kappa shape index (κ1) is 8.36. The second-order valence-electron chi connectivity index (χ2n) is 2.27. The van der Waals surface area contributed by atoms with Crippen molar-refractivity contribution in [2.45, 2.75) is 19.4 Å². The van der Waals surface area contributed by atoms with E-state index in [1.54, 1.807) is 0 Å². The monoisotopic (exact) mass is 171 g/mol. The molecule has 0 aliphatic rings. The lowest BCUT2D eigenvalue weighted by molar-refractivity contribution is -0.114. The maximum absolute atomic E-state index is 10.0. The molecule has 60 valence electrons. The number of thiazole rings is 1. The number of aldehydes is 1. The van der Waals surface area contributed by atoms with Crippen LogP contribution < -0.4 is 0 Å². The maximum atomic E-state index is 10.0. The van der Waals surface area contributed by atoms with Gasteiger partial charge < -0.3 is 9.90 Å². The van der Waals surface area contributed by atoms with Crippen LogP contribution in [-0.2, 0) is 11.2 Å². The molecule has 0 saturated carbocycles. The number of aliphatic hydroxyl groups is 1. The average Bonchev–Trinajstić information content (AvgIpc) is 2.35. The summed E-state index contributed by atoms with van der Waals surface area (Å²) in [4.78, 5) is 14.1. The lowest BCUT2D eigenvalue weighted by Gasteiger charge is -1.96. The zero-order chi connectivity index (χ0) is 8.27. The van der Waals surface area contributed by atoms with Crippen molar-refractivity contribution in [2.24, 2.45) is 0 Å². The Morgan fingerprint density at radius 2 is 2.64 bits per heavy atom. The fraction of sp³-hybridized carbons (Fsp3) is 0.429. The lowest BCUT2D eigenvalue weighted by Crippen LogP contribution is -2.11. The first-order chi connectivity index (χ1) is 5.22. The third-order valence-electron chi connectivity index (χ3n) is 1.24. The van der Waals surface area contributed by atoms with Crippen LogP contribution >= 0.6 is 11.3 Å². The van der Waals surface area contributed by atoms with E-state index >= 15 is 0 Å². The summed E-state index contributed by atoms with van der Waals surface area (Å²) in [7, 11) is 0. The molecule has 1 heterocycles. The van der Waals surface area contributed by atoms with E-state index in [0.717, 1.165) is 10.7 Å². The van der Waals surface area contributed by atoms with Crippen molar-refractivity contribution in [3.05, 3.63) is 16.1 Å². The van der Waals surface area contributed by atoms with Crippen LogP contribution in [0.5, 0.6) is 0 Å². The molecule has 1 aromatic heterocycles. The molecule has 1 aromatic rings. The number of hydrogen-bond acceptors (Lipinski definition) is 4. The fourth-order valence-electron chi connectivity index (χ4n) is 0.764. The zero-order valence-electron chi connectivity index (χ0n) is 6.15. The SMILES string of the molecule is Cc1nc(CC(O)C=O)cs1. The van der Waals surface area contributed by atoms with Crippen molar-refractivity contribution in [1.82, 2.24) is 4.98 Å². The molecule has 1 atom stereocenters. The Hall–Kier alpha value is -0.740. The van der Waals surface area contributed by atoms with Gasteiger partial charge in [-0.2, -0.15) is 0 Å². The number of nitrogens with zero attached hydrogens (tertiary/aromatic N) is 1. The number of aryl methyl sites for hydroxylation is 1. The molecule has 0 amide bonds. The van der Waals surface area contributed by atoms with Crippen LogP contribution in [0, 0.1) is 6.92 Å². The van der Waals surface area contributed by atoms with Gasteiger partial charge in [0.2, 0.25) is 0 Å². The molecule has 1 N–H and O–H groups in total. The van der Waals surface area contributed by atoms with E-state index in [4.69, 9.17) is 5.11 Å². The average molecular weight is 171 g/mol. The van der Waals surface area contributed by atoms with E-state index in [-0.39, 0.29) is 0 Å². The number of carbonyl (C=O) groups is 1. The smallest absolute Gasteiger partial charge is 0.148 e. The molecule has 0 aliphatic heterocycles. The second kappa shape index (κ2) is 3.59. The zero-order valence-corrected chi connectivity index (χ0v) is 6.97. The predicted molar refractivity (Wildman–Crippen MR) is 42.6 cm³/mol. The summed E-state index contributed by atoms with van der Waals surface area (Å²) >= 11 is 1.52. The molecule has 11 heavy (non-hydrogen) atoms. The van der Waals surface area contributed by atoms with Gasteiger partial charge in [0, 0.05) is 11.8 Å². The van der Waals surface area contributed by atoms with E-state index in [9.17, 15) is 4.79 Å². The molecule has 1 unspecified atom stereocenters. The molecule has 0 bridgehead atoms. The van der Waals surface area contributed by atoms with Crippen molar-refractivity contribution in [3.8, 4) is 0 Å². The molecule has 1 rings (SSSR count). The van der Waals surface area contributed by atoms with Gasteiger partial charge in [-0.25, -0.2) is 4.98 Å². The third-order valence-corrected chi connectivity index (χ3v) is 2.06. The molecule has 0 aliphatic carbocycles. The standard InChI is InChI=1S/C7H9NO2S/c1-5-8-6(4-11-5)2-7(10)3-9/h3-4,7,10H,2H2,1H3. The molecular formula is C7H9NO2S. The van der Waals surface area contributed by atoms with Gasteiger partial charge in [0.05, 0.1) is 10.7 Å². The highest BCUT2D eigenvalue weighted by Gasteiger charge is 2.05. The van der Waals surface area contributed by atoms with Crippen LogP contribution in [0.3, 0.4) is 0 Å². The van der Waals surface area contributed by atoms with Crippen molar-refractivity contribution in [3.63, 3.8) is 0 Å². The van der Waals surface area contributed by atoms with Gasteiger partial charge in [0.15, 0.2) is 0 Å². The molecule has 3 nitrogen and oxygen atoms in total. The Morgan fingerprint density at radius 3 is 3.09 bits per heavy atom. The van der Waals surface area contributed by atoms with E-state index in [1.807, 2.05) is 12.3 Å². The Labute approximate surface area is 68.7 Å². The van der Waals surface area contributed by atoms with Crippen molar-refractivity contribution < 1.29 is 9.90 Å².